The van der Waals surface area contributed by atoms with Crippen molar-refractivity contribution in [2.75, 3.05) is 26.3 Å². The number of pyridine rings is 1. The molecule has 0 unspecified atom stereocenters. The molecular formula is C17H15N3O6S. The summed E-state index contributed by atoms with van der Waals surface area (Å²) < 4.78 is 38.1. The van der Waals surface area contributed by atoms with E-state index in [9.17, 15) is 18.0 Å². The van der Waals surface area contributed by atoms with Gasteiger partial charge in [0.15, 0.2) is 11.5 Å². The van der Waals surface area contributed by atoms with E-state index >= 15 is 0 Å². The zero-order valence-electron chi connectivity index (χ0n) is 14.0. The van der Waals surface area contributed by atoms with Crippen molar-refractivity contribution in [2.24, 2.45) is 0 Å². The van der Waals surface area contributed by atoms with Gasteiger partial charge in [0.05, 0.1) is 10.5 Å². The largest absolute Gasteiger partial charge is 0.486 e. The summed E-state index contributed by atoms with van der Waals surface area (Å²) in [4.78, 5) is 29.4. The highest BCUT2D eigenvalue weighted by molar-refractivity contribution is 7.89. The number of aromatic nitrogens is 1. The number of nitrogens with zero attached hydrogens (tertiary/aromatic N) is 2. The molecule has 1 N–H and O–H groups in total. The number of nitrogens with one attached hydrogen (secondary N) is 1. The fourth-order valence-electron chi connectivity index (χ4n) is 2.88. The standard InChI is InChI=1S/C17H15N3O6S/c21-16-12-2-1-5-18-15(12)17(22)20(16)7-6-19-27(23,24)11-3-4-13-14(10-11)26-9-8-25-13/h1-5,10,19H,6-9H2. The highest BCUT2D eigenvalue weighted by Gasteiger charge is 2.36. The van der Waals surface area contributed by atoms with Gasteiger partial charge >= 0.3 is 0 Å². The summed E-state index contributed by atoms with van der Waals surface area (Å²) in [5, 5.41) is 0. The minimum atomic E-state index is -3.84. The zero-order valence-corrected chi connectivity index (χ0v) is 14.9. The molecule has 0 saturated heterocycles. The molecule has 1 aromatic carbocycles. The lowest BCUT2D eigenvalue weighted by Gasteiger charge is -2.19. The van der Waals surface area contributed by atoms with Crippen LogP contribution in [0.4, 0.5) is 0 Å². The number of amides is 2. The fourth-order valence-corrected chi connectivity index (χ4v) is 3.92. The van der Waals surface area contributed by atoms with E-state index in [4.69, 9.17) is 9.47 Å². The molecule has 1 aromatic heterocycles. The average molecular weight is 389 g/mol. The van der Waals surface area contributed by atoms with Crippen molar-refractivity contribution in [2.45, 2.75) is 4.90 Å². The van der Waals surface area contributed by atoms with Gasteiger partial charge in [0.2, 0.25) is 10.0 Å². The molecule has 0 fully saturated rings. The predicted molar refractivity (Wildman–Crippen MR) is 92.2 cm³/mol. The summed E-state index contributed by atoms with van der Waals surface area (Å²) in [5.41, 5.74) is 0.300. The third kappa shape index (κ3) is 3.13. The molecule has 0 saturated carbocycles. The molecule has 0 radical (unpaired) electrons. The van der Waals surface area contributed by atoms with E-state index in [-0.39, 0.29) is 29.2 Å². The Balaban J connectivity index is 1.43. The summed E-state index contributed by atoms with van der Waals surface area (Å²) in [6.07, 6.45) is 1.43. The van der Waals surface area contributed by atoms with Crippen LogP contribution in [-0.4, -0.2) is 56.4 Å². The van der Waals surface area contributed by atoms with E-state index in [2.05, 4.69) is 9.71 Å². The summed E-state index contributed by atoms with van der Waals surface area (Å²) in [7, 11) is -3.84. The first kappa shape index (κ1) is 17.4. The van der Waals surface area contributed by atoms with Gasteiger partial charge < -0.3 is 9.47 Å². The Labute approximate surface area is 155 Å². The second-order valence-electron chi connectivity index (χ2n) is 5.86. The Hall–Kier alpha value is -2.98. The highest BCUT2D eigenvalue weighted by Crippen LogP contribution is 2.32. The molecule has 4 rings (SSSR count). The summed E-state index contributed by atoms with van der Waals surface area (Å²) in [6.45, 7) is 0.532. The van der Waals surface area contributed by atoms with Gasteiger partial charge in [-0.25, -0.2) is 13.1 Å². The Morgan fingerprint density at radius 2 is 1.85 bits per heavy atom. The Morgan fingerprint density at radius 1 is 1.07 bits per heavy atom. The van der Waals surface area contributed by atoms with Crippen molar-refractivity contribution in [3.63, 3.8) is 0 Å². The number of hydrogen-bond donors (Lipinski definition) is 1. The number of fused-ring (bicyclic) bond motifs is 2. The van der Waals surface area contributed by atoms with Gasteiger partial charge in [0, 0.05) is 25.4 Å². The zero-order chi connectivity index (χ0) is 19.0. The van der Waals surface area contributed by atoms with Crippen molar-refractivity contribution < 1.29 is 27.5 Å². The summed E-state index contributed by atoms with van der Waals surface area (Å²) >= 11 is 0. The molecule has 2 amide bonds. The number of rotatable bonds is 5. The van der Waals surface area contributed by atoms with Crippen LogP contribution in [0.5, 0.6) is 11.5 Å². The molecule has 3 heterocycles. The van der Waals surface area contributed by atoms with Crippen LogP contribution < -0.4 is 14.2 Å². The quantitative estimate of drug-likeness (QED) is 0.737. The van der Waals surface area contributed by atoms with Crippen molar-refractivity contribution in [3.05, 3.63) is 47.8 Å². The van der Waals surface area contributed by atoms with Gasteiger partial charge in [-0.3, -0.25) is 19.5 Å². The lowest BCUT2D eigenvalue weighted by atomic mass is 10.2. The molecule has 9 nitrogen and oxygen atoms in total. The average Bonchev–Trinajstić information content (AvgIpc) is 2.93. The van der Waals surface area contributed by atoms with E-state index in [1.54, 1.807) is 6.07 Å². The third-order valence-corrected chi connectivity index (χ3v) is 5.64. The van der Waals surface area contributed by atoms with E-state index in [1.807, 2.05) is 0 Å². The highest BCUT2D eigenvalue weighted by atomic mass is 32.2. The van der Waals surface area contributed by atoms with Crippen LogP contribution in [0.2, 0.25) is 0 Å². The Bertz CT molecular complexity index is 1000. The molecule has 0 bridgehead atoms. The van der Waals surface area contributed by atoms with Crippen LogP contribution in [0.3, 0.4) is 0 Å². The van der Waals surface area contributed by atoms with E-state index in [0.29, 0.717) is 24.7 Å². The van der Waals surface area contributed by atoms with E-state index < -0.39 is 21.8 Å². The maximum absolute atomic E-state index is 12.5. The predicted octanol–water partition coefficient (Wildman–Crippen LogP) is 0.427. The number of ether oxygens (including phenoxy) is 2. The molecule has 2 aliphatic heterocycles. The fraction of sp³-hybridized carbons (Fsp3) is 0.235. The monoisotopic (exact) mass is 389 g/mol. The lowest BCUT2D eigenvalue weighted by molar-refractivity contribution is 0.0655. The third-order valence-electron chi connectivity index (χ3n) is 4.18. The van der Waals surface area contributed by atoms with E-state index in [1.165, 1.54) is 30.5 Å². The SMILES string of the molecule is O=C1c2cccnc2C(=O)N1CCNS(=O)(=O)c1ccc2c(c1)OCCO2. The van der Waals surface area contributed by atoms with Crippen molar-refractivity contribution in [1.29, 1.82) is 0 Å². The first-order valence-electron chi connectivity index (χ1n) is 8.18. The smallest absolute Gasteiger partial charge is 0.280 e. The second-order valence-corrected chi connectivity index (χ2v) is 7.63. The van der Waals surface area contributed by atoms with E-state index in [0.717, 1.165) is 4.90 Å². The number of carbonyl (C=O) groups excluding carboxylic acids is 2. The van der Waals surface area contributed by atoms with Crippen molar-refractivity contribution >= 4 is 21.8 Å². The summed E-state index contributed by atoms with van der Waals surface area (Å²) in [6, 6.07) is 7.39. The van der Waals surface area contributed by atoms with Gasteiger partial charge in [0.1, 0.15) is 18.9 Å². The van der Waals surface area contributed by atoms with Crippen LogP contribution in [0, 0.1) is 0 Å². The first-order chi connectivity index (χ1) is 13.0. The molecule has 0 spiro atoms. The lowest BCUT2D eigenvalue weighted by Crippen LogP contribution is -2.38. The number of sulfonamides is 1. The van der Waals surface area contributed by atoms with Crippen LogP contribution >= 0.6 is 0 Å². The van der Waals surface area contributed by atoms with Gasteiger partial charge in [0.25, 0.3) is 11.8 Å². The minimum absolute atomic E-state index is 0.00998. The maximum atomic E-state index is 12.5. The summed E-state index contributed by atoms with van der Waals surface area (Å²) in [5.74, 6) is -0.176. The molecule has 140 valence electrons. The Morgan fingerprint density at radius 3 is 2.63 bits per heavy atom. The molecule has 2 aromatic rings. The normalized spacial score (nSPS) is 15.8. The second kappa shape index (κ2) is 6.63. The molecule has 0 atom stereocenters. The van der Waals surface area contributed by atoms with Gasteiger partial charge in [-0.1, -0.05) is 0 Å². The molecule has 0 aliphatic carbocycles. The molecule has 2 aliphatic rings. The van der Waals surface area contributed by atoms with Crippen molar-refractivity contribution in [3.8, 4) is 11.5 Å². The van der Waals surface area contributed by atoms with Gasteiger partial charge in [-0.2, -0.15) is 0 Å². The molecule has 27 heavy (non-hydrogen) atoms. The number of imide groups is 1. The molecule has 10 heteroatoms. The van der Waals surface area contributed by atoms with Crippen molar-refractivity contribution in [1.82, 2.24) is 14.6 Å². The van der Waals surface area contributed by atoms with Crippen LogP contribution in [-0.2, 0) is 10.0 Å². The number of carbonyl (C=O) groups is 2. The Kier molecular flexibility index (Phi) is 4.28. The number of hydrogen-bond acceptors (Lipinski definition) is 7. The van der Waals surface area contributed by atoms with Gasteiger partial charge in [-0.05, 0) is 24.3 Å². The van der Waals surface area contributed by atoms with Crippen LogP contribution in [0.15, 0.2) is 41.4 Å². The number of benzene rings is 1. The van der Waals surface area contributed by atoms with Crippen LogP contribution in [0.1, 0.15) is 20.8 Å². The minimum Gasteiger partial charge on any atom is -0.486 e. The van der Waals surface area contributed by atoms with Gasteiger partial charge in [-0.15, -0.1) is 0 Å². The topological polar surface area (TPSA) is 115 Å². The first-order valence-corrected chi connectivity index (χ1v) is 9.66. The van der Waals surface area contributed by atoms with Crippen LogP contribution in [0.25, 0.3) is 0 Å². The maximum Gasteiger partial charge on any atom is 0.280 e. The molecular weight excluding hydrogens is 374 g/mol.